The van der Waals surface area contributed by atoms with Crippen LogP contribution in [0, 0.1) is 19.5 Å². The molecule has 0 spiro atoms. The maximum atomic E-state index is 6.61. The summed E-state index contributed by atoms with van der Waals surface area (Å²) >= 11 is 4.76. The molecule has 0 aliphatic carbocycles. The van der Waals surface area contributed by atoms with E-state index in [1.807, 2.05) is 12.1 Å². The zero-order valence-electron chi connectivity index (χ0n) is 25.5. The van der Waals surface area contributed by atoms with Gasteiger partial charge in [0.2, 0.25) is 0 Å². The molecule has 5 aromatic carbocycles. The van der Waals surface area contributed by atoms with Crippen LogP contribution in [-0.4, -0.2) is 49.3 Å². The topological polar surface area (TPSA) is 55.4 Å². The fraction of sp³-hybridized carbons (Fsp3) is 0.222. The van der Waals surface area contributed by atoms with Gasteiger partial charge in [0.25, 0.3) is 0 Å². The number of fused-ring (bicyclic) bond motifs is 5. The highest BCUT2D eigenvalue weighted by Gasteiger charge is 2.35. The maximum Gasteiger partial charge on any atom is 0.144 e. The first-order valence-electron chi connectivity index (χ1n) is 13.6. The van der Waals surface area contributed by atoms with Crippen LogP contribution in [0.2, 0.25) is 0 Å². The third kappa shape index (κ3) is 7.01. The Morgan fingerprint density at radius 2 is 1.30 bits per heavy atom. The Labute approximate surface area is 286 Å². The third-order valence-electron chi connectivity index (χ3n) is 7.05. The predicted octanol–water partition coefficient (Wildman–Crippen LogP) is 9.04. The second kappa shape index (κ2) is 15.7. The van der Waals surface area contributed by atoms with E-state index in [1.54, 1.807) is 42.7 Å². The molecular formula is C36H34I2O6. The van der Waals surface area contributed by atoms with Gasteiger partial charge in [-0.05, 0) is 115 Å². The SMILES string of the molecule is C#CCOC.COC.COc1ccc2ccc(OC)c(C3c4cc(I)cc(I)c4Oc4ccc5ccc(OC)cc5c43)c2c1. The van der Waals surface area contributed by atoms with E-state index in [4.69, 9.17) is 25.4 Å². The zero-order valence-corrected chi connectivity index (χ0v) is 29.8. The van der Waals surface area contributed by atoms with Gasteiger partial charge in [0.15, 0.2) is 0 Å². The molecule has 1 unspecified atom stereocenters. The van der Waals surface area contributed by atoms with Crippen molar-refractivity contribution in [3.8, 4) is 41.1 Å². The van der Waals surface area contributed by atoms with Crippen LogP contribution in [0.5, 0.6) is 28.7 Å². The number of benzene rings is 5. The monoisotopic (exact) mass is 816 g/mol. The minimum absolute atomic E-state index is 0.131. The molecule has 0 aromatic heterocycles. The molecule has 5 aromatic rings. The van der Waals surface area contributed by atoms with Crippen molar-refractivity contribution in [2.75, 3.05) is 49.3 Å². The lowest BCUT2D eigenvalue weighted by Gasteiger charge is -2.32. The summed E-state index contributed by atoms with van der Waals surface area (Å²) in [5.74, 6) is 6.34. The third-order valence-corrected chi connectivity index (χ3v) is 8.47. The second-order valence-corrected chi connectivity index (χ2v) is 12.1. The van der Waals surface area contributed by atoms with Crippen molar-refractivity contribution >= 4 is 66.7 Å². The second-order valence-electron chi connectivity index (χ2n) is 9.72. The number of rotatable bonds is 5. The van der Waals surface area contributed by atoms with Crippen LogP contribution in [0.3, 0.4) is 0 Å². The Balaban J connectivity index is 0.000000496. The van der Waals surface area contributed by atoms with Crippen LogP contribution in [0.4, 0.5) is 0 Å². The van der Waals surface area contributed by atoms with Gasteiger partial charge in [-0.15, -0.1) is 6.42 Å². The molecule has 0 bridgehead atoms. The minimum Gasteiger partial charge on any atom is -0.497 e. The summed E-state index contributed by atoms with van der Waals surface area (Å²) < 4.78 is 34.8. The van der Waals surface area contributed by atoms with Crippen molar-refractivity contribution in [1.82, 2.24) is 0 Å². The average molecular weight is 816 g/mol. The van der Waals surface area contributed by atoms with Gasteiger partial charge in [-0.2, -0.15) is 0 Å². The summed E-state index contributed by atoms with van der Waals surface area (Å²) in [4.78, 5) is 0. The Bertz CT molecular complexity index is 1810. The van der Waals surface area contributed by atoms with Crippen LogP contribution in [0.1, 0.15) is 22.6 Å². The largest absolute Gasteiger partial charge is 0.497 e. The van der Waals surface area contributed by atoms with E-state index in [1.165, 1.54) is 0 Å². The van der Waals surface area contributed by atoms with Crippen molar-refractivity contribution in [3.05, 3.63) is 96.6 Å². The molecule has 0 radical (unpaired) electrons. The van der Waals surface area contributed by atoms with Gasteiger partial charge < -0.3 is 28.4 Å². The molecule has 6 rings (SSSR count). The number of methoxy groups -OCH3 is 5. The van der Waals surface area contributed by atoms with E-state index < -0.39 is 0 Å². The lowest BCUT2D eigenvalue weighted by atomic mass is 9.78. The van der Waals surface area contributed by atoms with Crippen molar-refractivity contribution in [3.63, 3.8) is 0 Å². The van der Waals surface area contributed by atoms with Gasteiger partial charge in [0.05, 0.1) is 24.9 Å². The van der Waals surface area contributed by atoms with Crippen LogP contribution in [0.25, 0.3) is 21.5 Å². The molecule has 1 aliphatic heterocycles. The van der Waals surface area contributed by atoms with Gasteiger partial charge >= 0.3 is 0 Å². The van der Waals surface area contributed by atoms with Gasteiger partial charge in [-0.1, -0.05) is 30.2 Å². The summed E-state index contributed by atoms with van der Waals surface area (Å²) in [7, 11) is 9.95. The molecule has 0 fully saturated rings. The summed E-state index contributed by atoms with van der Waals surface area (Å²) in [6, 6.07) is 25.1. The molecule has 44 heavy (non-hydrogen) atoms. The molecule has 228 valence electrons. The number of terminal acetylenes is 1. The number of halogens is 2. The highest BCUT2D eigenvalue weighted by Crippen LogP contribution is 2.55. The highest BCUT2D eigenvalue weighted by atomic mass is 127. The molecule has 0 N–H and O–H groups in total. The van der Waals surface area contributed by atoms with Gasteiger partial charge in [0.1, 0.15) is 35.4 Å². The summed E-state index contributed by atoms with van der Waals surface area (Å²) in [5.41, 5.74) is 3.31. The summed E-state index contributed by atoms with van der Waals surface area (Å²) in [6.07, 6.45) is 4.76. The quantitative estimate of drug-likeness (QED) is 0.128. The first-order valence-corrected chi connectivity index (χ1v) is 15.8. The smallest absolute Gasteiger partial charge is 0.144 e. The van der Waals surface area contributed by atoms with Crippen LogP contribution >= 0.6 is 45.2 Å². The van der Waals surface area contributed by atoms with Crippen LogP contribution in [0.15, 0.2) is 72.8 Å². The van der Waals surface area contributed by atoms with E-state index in [0.29, 0.717) is 6.61 Å². The zero-order chi connectivity index (χ0) is 31.8. The summed E-state index contributed by atoms with van der Waals surface area (Å²) in [5, 5.41) is 4.44. The Hall–Kier alpha value is -3.24. The number of ether oxygens (including phenoxy) is 6. The highest BCUT2D eigenvalue weighted by molar-refractivity contribution is 14.1. The molecule has 8 heteroatoms. The molecular weight excluding hydrogens is 782 g/mol. The molecule has 1 atom stereocenters. The predicted molar refractivity (Wildman–Crippen MR) is 194 cm³/mol. The van der Waals surface area contributed by atoms with Crippen LogP contribution < -0.4 is 18.9 Å². The van der Waals surface area contributed by atoms with Gasteiger partial charge in [-0.25, -0.2) is 0 Å². The van der Waals surface area contributed by atoms with Crippen LogP contribution in [-0.2, 0) is 9.47 Å². The molecule has 1 aliphatic rings. The lowest BCUT2D eigenvalue weighted by Crippen LogP contribution is -2.15. The number of hydrogen-bond donors (Lipinski definition) is 0. The Morgan fingerprint density at radius 1 is 0.727 bits per heavy atom. The molecule has 0 amide bonds. The van der Waals surface area contributed by atoms with E-state index in [9.17, 15) is 0 Å². The fourth-order valence-corrected chi connectivity index (χ4v) is 7.27. The Morgan fingerprint density at radius 3 is 1.82 bits per heavy atom. The Kier molecular flexibility index (Phi) is 12.0. The standard InChI is InChI=1S/C30H22I2O4.C4H6O.C2H6O/c1-33-19-8-4-16-6-10-25(35-3)27(21(16)14-19)29-23-12-18(31)13-24(32)30(23)36-26-11-7-17-5-9-20(34-2)15-22(17)28(26)29;1-3-4-5-2;1-3-2/h4-15,29H,1-3H3;1H,4H2,2H3;1-2H3. The van der Waals surface area contributed by atoms with Gasteiger partial charge in [-0.3, -0.25) is 0 Å². The molecule has 1 heterocycles. The van der Waals surface area contributed by atoms with Gasteiger partial charge in [0, 0.05) is 47.5 Å². The fourth-order valence-electron chi connectivity index (χ4n) is 5.27. The first-order chi connectivity index (χ1) is 21.3. The molecule has 0 saturated carbocycles. The van der Waals surface area contributed by atoms with E-state index in [-0.39, 0.29) is 5.92 Å². The number of hydrogen-bond acceptors (Lipinski definition) is 6. The lowest BCUT2D eigenvalue weighted by molar-refractivity contribution is 0.240. The summed E-state index contributed by atoms with van der Waals surface area (Å²) in [6.45, 7) is 0.417. The molecule has 0 saturated heterocycles. The molecule has 6 nitrogen and oxygen atoms in total. The minimum atomic E-state index is -0.131. The first kappa shape index (κ1) is 33.6. The average Bonchev–Trinajstić information content (AvgIpc) is 3.04. The van der Waals surface area contributed by atoms with E-state index in [0.717, 1.165) is 74.1 Å². The maximum absolute atomic E-state index is 6.61. The van der Waals surface area contributed by atoms with E-state index >= 15 is 0 Å². The van der Waals surface area contributed by atoms with E-state index in [2.05, 4.69) is 121 Å². The van der Waals surface area contributed by atoms with Crippen molar-refractivity contribution in [1.29, 1.82) is 0 Å². The van der Waals surface area contributed by atoms with Crippen molar-refractivity contribution < 1.29 is 28.4 Å². The van der Waals surface area contributed by atoms with Crippen molar-refractivity contribution in [2.45, 2.75) is 5.92 Å². The van der Waals surface area contributed by atoms with Crippen molar-refractivity contribution in [2.24, 2.45) is 0 Å². The normalized spacial score (nSPS) is 12.8.